The Hall–Kier alpha value is -3.14. The number of nitrogens with one attached hydrogen (secondary N) is 1. The Labute approximate surface area is 213 Å². The highest BCUT2D eigenvalue weighted by atomic mass is 16.4. The van der Waals surface area contributed by atoms with Crippen molar-refractivity contribution in [3.63, 3.8) is 0 Å². The number of hydrogen-bond acceptors (Lipinski definition) is 2. The molecule has 4 saturated carbocycles. The Balaban J connectivity index is 1.32. The first-order valence-electron chi connectivity index (χ1n) is 13.5. The van der Waals surface area contributed by atoms with E-state index in [1.54, 1.807) is 24.7 Å². The van der Waals surface area contributed by atoms with E-state index in [1.807, 2.05) is 12.1 Å². The number of aryl methyl sites for hydroxylation is 2. The van der Waals surface area contributed by atoms with E-state index >= 15 is 0 Å². The molecular formula is C32H36N2O2. The third-order valence-corrected chi connectivity index (χ3v) is 9.39. The molecule has 4 fully saturated rings. The van der Waals surface area contributed by atoms with Crippen molar-refractivity contribution >= 4 is 17.6 Å². The first-order valence-corrected chi connectivity index (χ1v) is 13.5. The average molecular weight is 481 g/mol. The second-order valence-corrected chi connectivity index (χ2v) is 12.0. The topological polar surface area (TPSA) is 66.0 Å². The Kier molecular flexibility index (Phi) is 5.86. The smallest absolute Gasteiger partial charge is 0.335 e. The third kappa shape index (κ3) is 4.42. The molecule has 3 aromatic rings. The van der Waals surface area contributed by atoms with E-state index in [0.29, 0.717) is 5.41 Å². The van der Waals surface area contributed by atoms with E-state index in [9.17, 15) is 9.90 Å². The van der Waals surface area contributed by atoms with Crippen molar-refractivity contribution in [2.45, 2.75) is 65.2 Å². The summed E-state index contributed by atoms with van der Waals surface area (Å²) < 4.78 is 0. The van der Waals surface area contributed by atoms with Crippen LogP contribution < -0.4 is 0 Å². The number of aromatic carboxylic acids is 1. The standard InChI is InChI=1S/C32H36N2O2/c1-20-8-22(6-7-32-15-23-9-24(16-32)11-25(10-23)17-32)12-28(21(20)2)14-29(30-18-33-19-34-30)26-4-3-5-27(13-26)31(35)36/h3-5,8,12-14,18-19,23-25H,6-7,9-11,15-17H2,1-2H3,(H,33,34)(H,35,36). The van der Waals surface area contributed by atoms with Crippen molar-refractivity contribution in [1.29, 1.82) is 0 Å². The molecule has 1 heterocycles. The molecule has 0 aliphatic heterocycles. The minimum Gasteiger partial charge on any atom is -0.478 e. The number of nitrogens with zero attached hydrogens (tertiary/aromatic N) is 1. The van der Waals surface area contributed by atoms with E-state index in [2.05, 4.69) is 42.0 Å². The van der Waals surface area contributed by atoms with Crippen LogP contribution in [-0.2, 0) is 6.42 Å². The van der Waals surface area contributed by atoms with Gasteiger partial charge in [0.15, 0.2) is 0 Å². The van der Waals surface area contributed by atoms with Gasteiger partial charge in [0.1, 0.15) is 0 Å². The fraction of sp³-hybridized carbons (Fsp3) is 0.438. The van der Waals surface area contributed by atoms with Crippen molar-refractivity contribution in [3.05, 3.63) is 88.0 Å². The lowest BCUT2D eigenvalue weighted by Gasteiger charge is -2.57. The highest BCUT2D eigenvalue weighted by Gasteiger charge is 2.50. The molecule has 4 aliphatic rings. The number of rotatable bonds is 7. The number of aromatic nitrogens is 2. The van der Waals surface area contributed by atoms with Gasteiger partial charge >= 0.3 is 5.97 Å². The monoisotopic (exact) mass is 480 g/mol. The van der Waals surface area contributed by atoms with Gasteiger partial charge in [0.2, 0.25) is 0 Å². The lowest BCUT2D eigenvalue weighted by Crippen LogP contribution is -2.46. The Morgan fingerprint density at radius 1 is 1.06 bits per heavy atom. The number of carboxylic acids is 1. The van der Waals surface area contributed by atoms with Gasteiger partial charge in [-0.05, 0) is 134 Å². The predicted octanol–water partition coefficient (Wildman–Crippen LogP) is 7.46. The average Bonchev–Trinajstić information content (AvgIpc) is 3.38. The molecule has 0 atom stereocenters. The van der Waals surface area contributed by atoms with Gasteiger partial charge in [0, 0.05) is 5.57 Å². The molecule has 1 aromatic heterocycles. The van der Waals surface area contributed by atoms with Crippen LogP contribution in [-0.4, -0.2) is 21.0 Å². The van der Waals surface area contributed by atoms with Crippen molar-refractivity contribution in [2.75, 3.05) is 0 Å². The summed E-state index contributed by atoms with van der Waals surface area (Å²) in [6.07, 6.45) is 17.0. The molecule has 7 rings (SSSR count). The van der Waals surface area contributed by atoms with Gasteiger partial charge in [-0.1, -0.05) is 24.3 Å². The molecule has 0 radical (unpaired) electrons. The van der Waals surface area contributed by atoms with E-state index in [-0.39, 0.29) is 5.56 Å². The Morgan fingerprint density at radius 3 is 2.39 bits per heavy atom. The number of benzene rings is 2. The zero-order valence-electron chi connectivity index (χ0n) is 21.4. The number of aromatic amines is 1. The SMILES string of the molecule is Cc1cc(CCC23CC4CC(CC(C4)C2)C3)cc(C=C(c2cccc(C(=O)O)c2)c2cnc[nH]2)c1C. The normalized spacial score (nSPS) is 26.9. The maximum absolute atomic E-state index is 11.6. The van der Waals surface area contributed by atoms with Gasteiger partial charge in [-0.2, -0.15) is 0 Å². The Bertz CT molecular complexity index is 1280. The lowest BCUT2D eigenvalue weighted by atomic mass is 9.48. The fourth-order valence-electron chi connectivity index (χ4n) is 7.96. The molecule has 0 spiro atoms. The molecule has 2 aromatic carbocycles. The van der Waals surface area contributed by atoms with Crippen LogP contribution in [0.3, 0.4) is 0 Å². The zero-order valence-corrected chi connectivity index (χ0v) is 21.4. The molecular weight excluding hydrogens is 444 g/mol. The molecule has 4 nitrogen and oxygen atoms in total. The molecule has 186 valence electrons. The number of H-pyrrole nitrogens is 1. The molecule has 4 aliphatic carbocycles. The predicted molar refractivity (Wildman–Crippen MR) is 144 cm³/mol. The van der Waals surface area contributed by atoms with Crippen molar-refractivity contribution in [1.82, 2.24) is 9.97 Å². The van der Waals surface area contributed by atoms with Crippen LogP contribution in [0.25, 0.3) is 11.6 Å². The van der Waals surface area contributed by atoms with Gasteiger partial charge in [0.05, 0.1) is 23.8 Å². The Morgan fingerprint density at radius 2 is 1.75 bits per heavy atom. The van der Waals surface area contributed by atoms with Gasteiger partial charge in [-0.15, -0.1) is 0 Å². The maximum Gasteiger partial charge on any atom is 0.335 e. The van der Waals surface area contributed by atoms with Gasteiger partial charge in [-0.25, -0.2) is 9.78 Å². The zero-order chi connectivity index (χ0) is 24.9. The number of imidazole rings is 1. The quantitative estimate of drug-likeness (QED) is 0.345. The number of carboxylic acid groups (broad SMARTS) is 1. The summed E-state index contributed by atoms with van der Waals surface area (Å²) in [6, 6.07) is 11.9. The summed E-state index contributed by atoms with van der Waals surface area (Å²) in [7, 11) is 0. The second kappa shape index (κ2) is 9.06. The maximum atomic E-state index is 11.6. The molecule has 0 unspecified atom stereocenters. The minimum absolute atomic E-state index is 0.287. The van der Waals surface area contributed by atoms with Crippen molar-refractivity contribution < 1.29 is 9.90 Å². The molecule has 2 N–H and O–H groups in total. The van der Waals surface area contributed by atoms with Crippen LogP contribution in [0.1, 0.15) is 88.8 Å². The van der Waals surface area contributed by atoms with Crippen LogP contribution >= 0.6 is 0 Å². The summed E-state index contributed by atoms with van der Waals surface area (Å²) in [5.41, 5.74) is 8.77. The first kappa shape index (κ1) is 23.3. The molecule has 0 saturated heterocycles. The van der Waals surface area contributed by atoms with Crippen LogP contribution in [0.2, 0.25) is 0 Å². The fourth-order valence-corrected chi connectivity index (χ4v) is 7.96. The largest absolute Gasteiger partial charge is 0.478 e. The van der Waals surface area contributed by atoms with Gasteiger partial charge < -0.3 is 10.1 Å². The van der Waals surface area contributed by atoms with E-state index in [1.165, 1.54) is 67.2 Å². The van der Waals surface area contributed by atoms with E-state index in [0.717, 1.165) is 41.0 Å². The van der Waals surface area contributed by atoms with Gasteiger partial charge in [-0.3, -0.25) is 0 Å². The first-order chi connectivity index (χ1) is 17.4. The lowest BCUT2D eigenvalue weighted by molar-refractivity contribution is -0.0569. The second-order valence-electron chi connectivity index (χ2n) is 12.0. The minimum atomic E-state index is -0.917. The van der Waals surface area contributed by atoms with Crippen LogP contribution in [0.4, 0.5) is 0 Å². The molecule has 4 heteroatoms. The van der Waals surface area contributed by atoms with Gasteiger partial charge in [0.25, 0.3) is 0 Å². The summed E-state index contributed by atoms with van der Waals surface area (Å²) in [5, 5.41) is 9.54. The summed E-state index contributed by atoms with van der Waals surface area (Å²) >= 11 is 0. The van der Waals surface area contributed by atoms with Crippen LogP contribution in [0, 0.1) is 37.0 Å². The molecule has 36 heavy (non-hydrogen) atoms. The highest BCUT2D eigenvalue weighted by Crippen LogP contribution is 2.61. The van der Waals surface area contributed by atoms with Crippen LogP contribution in [0.5, 0.6) is 0 Å². The van der Waals surface area contributed by atoms with Crippen molar-refractivity contribution in [3.8, 4) is 0 Å². The third-order valence-electron chi connectivity index (χ3n) is 9.39. The summed E-state index contributed by atoms with van der Waals surface area (Å²) in [5.74, 6) is 2.06. The number of hydrogen-bond donors (Lipinski definition) is 2. The van der Waals surface area contributed by atoms with E-state index < -0.39 is 5.97 Å². The molecule has 0 amide bonds. The summed E-state index contributed by atoms with van der Waals surface area (Å²) in [4.78, 5) is 19.1. The highest BCUT2D eigenvalue weighted by molar-refractivity contribution is 5.94. The van der Waals surface area contributed by atoms with Crippen LogP contribution in [0.15, 0.2) is 48.9 Å². The summed E-state index contributed by atoms with van der Waals surface area (Å²) in [6.45, 7) is 4.39. The van der Waals surface area contributed by atoms with Crippen molar-refractivity contribution in [2.24, 2.45) is 23.2 Å². The number of carbonyl (C=O) groups is 1. The van der Waals surface area contributed by atoms with E-state index in [4.69, 9.17) is 0 Å². The molecule has 4 bridgehead atoms.